The van der Waals surface area contributed by atoms with Gasteiger partial charge >= 0.3 is 0 Å². The summed E-state index contributed by atoms with van der Waals surface area (Å²) in [6.45, 7) is 0. The molecule has 0 aromatic heterocycles. The Morgan fingerprint density at radius 1 is 0.857 bits per heavy atom. The Kier molecular flexibility index (Phi) is 7.38. The van der Waals surface area contributed by atoms with Crippen LogP contribution in [0.25, 0.3) is 10.8 Å². The standard InChI is InChI=1S/C33H32N4O4S/c1-37-27-19-9-8-18-26(27)29(24-14-4-2-5-15-24)34-30(31(37)38)35-32(39)33(21-10-3-11-22-33)36-42(40,41)28-20-12-16-23-13-6-7-17-25(23)28/h2,4-9,12-20,30,36H,3,10-11,21-22H2,1H3,(H,35,39). The number of fused-ring (bicyclic) bond motifs is 2. The van der Waals surface area contributed by atoms with E-state index in [1.54, 1.807) is 31.3 Å². The lowest BCUT2D eigenvalue weighted by atomic mass is 9.82. The van der Waals surface area contributed by atoms with Crippen LogP contribution in [0.3, 0.4) is 0 Å². The molecule has 1 fully saturated rings. The predicted octanol–water partition coefficient (Wildman–Crippen LogP) is 4.78. The van der Waals surface area contributed by atoms with E-state index < -0.39 is 33.5 Å². The van der Waals surface area contributed by atoms with Gasteiger partial charge in [-0.25, -0.2) is 13.4 Å². The second-order valence-corrected chi connectivity index (χ2v) is 12.5. The molecule has 1 aliphatic heterocycles. The highest BCUT2D eigenvalue weighted by molar-refractivity contribution is 7.89. The van der Waals surface area contributed by atoms with E-state index >= 15 is 0 Å². The topological polar surface area (TPSA) is 108 Å². The highest BCUT2D eigenvalue weighted by Crippen LogP contribution is 2.33. The molecule has 9 heteroatoms. The first kappa shape index (κ1) is 27.8. The first-order chi connectivity index (χ1) is 20.3. The Hall–Kier alpha value is -4.34. The minimum atomic E-state index is -4.10. The minimum absolute atomic E-state index is 0.114. The maximum Gasteiger partial charge on any atom is 0.272 e. The fourth-order valence-corrected chi connectivity index (χ4v) is 7.63. The molecule has 1 atom stereocenters. The van der Waals surface area contributed by atoms with Crippen molar-refractivity contribution >= 4 is 44.0 Å². The zero-order valence-corrected chi connectivity index (χ0v) is 24.1. The Morgan fingerprint density at radius 3 is 2.31 bits per heavy atom. The lowest BCUT2D eigenvalue weighted by Gasteiger charge is -2.37. The van der Waals surface area contributed by atoms with Crippen molar-refractivity contribution in [2.45, 2.75) is 48.7 Å². The summed E-state index contributed by atoms with van der Waals surface area (Å²) >= 11 is 0. The van der Waals surface area contributed by atoms with Crippen LogP contribution in [0, 0.1) is 0 Å². The van der Waals surface area contributed by atoms with Gasteiger partial charge in [0.2, 0.25) is 22.1 Å². The summed E-state index contributed by atoms with van der Waals surface area (Å²) in [5.74, 6) is -0.968. The average molecular weight is 581 g/mol. The lowest BCUT2D eigenvalue weighted by molar-refractivity contribution is -0.132. The Labute approximate surface area is 245 Å². The zero-order valence-electron chi connectivity index (χ0n) is 23.3. The molecule has 42 heavy (non-hydrogen) atoms. The number of hydrogen-bond acceptors (Lipinski definition) is 5. The molecular formula is C33H32N4O4S. The molecule has 1 saturated carbocycles. The van der Waals surface area contributed by atoms with Gasteiger partial charge in [0.1, 0.15) is 5.54 Å². The molecule has 0 saturated heterocycles. The largest absolute Gasteiger partial charge is 0.325 e. The van der Waals surface area contributed by atoms with Crippen LogP contribution < -0.4 is 14.9 Å². The summed E-state index contributed by atoms with van der Waals surface area (Å²) in [7, 11) is -2.45. The van der Waals surface area contributed by atoms with Crippen molar-refractivity contribution in [3.05, 3.63) is 108 Å². The van der Waals surface area contributed by atoms with Gasteiger partial charge in [0.05, 0.1) is 16.3 Å². The Balaban J connectivity index is 1.38. The fraction of sp³-hybridized carbons (Fsp3) is 0.242. The normalized spacial score (nSPS) is 18.6. The number of sulfonamides is 1. The summed E-state index contributed by atoms with van der Waals surface area (Å²) in [4.78, 5) is 34.3. The molecule has 4 aromatic carbocycles. The molecular weight excluding hydrogens is 548 g/mol. The second kappa shape index (κ2) is 11.2. The maximum atomic E-state index is 14.2. The van der Waals surface area contributed by atoms with Crippen LogP contribution >= 0.6 is 0 Å². The van der Waals surface area contributed by atoms with Gasteiger partial charge in [-0.15, -0.1) is 0 Å². The number of rotatable bonds is 6. The number of benzene rings is 4. The summed E-state index contributed by atoms with van der Waals surface area (Å²) in [6.07, 6.45) is 1.62. The maximum absolute atomic E-state index is 14.2. The third kappa shape index (κ3) is 5.10. The highest BCUT2D eigenvalue weighted by atomic mass is 32.2. The van der Waals surface area contributed by atoms with E-state index in [1.165, 1.54) is 4.90 Å². The summed E-state index contributed by atoms with van der Waals surface area (Å²) in [5.41, 5.74) is 1.39. The van der Waals surface area contributed by atoms with Gasteiger partial charge in [0.25, 0.3) is 5.91 Å². The van der Waals surface area contributed by atoms with E-state index in [2.05, 4.69) is 10.0 Å². The van der Waals surface area contributed by atoms with Crippen molar-refractivity contribution in [2.24, 2.45) is 4.99 Å². The predicted molar refractivity (Wildman–Crippen MR) is 164 cm³/mol. The smallest absolute Gasteiger partial charge is 0.272 e. The van der Waals surface area contributed by atoms with E-state index in [4.69, 9.17) is 4.99 Å². The van der Waals surface area contributed by atoms with Crippen molar-refractivity contribution in [2.75, 3.05) is 11.9 Å². The van der Waals surface area contributed by atoms with E-state index in [1.807, 2.05) is 72.8 Å². The molecule has 6 rings (SSSR count). The minimum Gasteiger partial charge on any atom is -0.325 e. The molecule has 4 aromatic rings. The van der Waals surface area contributed by atoms with Gasteiger partial charge in [-0.2, -0.15) is 4.72 Å². The molecule has 0 bridgehead atoms. The van der Waals surface area contributed by atoms with E-state index in [0.29, 0.717) is 42.5 Å². The van der Waals surface area contributed by atoms with E-state index in [9.17, 15) is 18.0 Å². The third-order valence-electron chi connectivity index (χ3n) is 8.17. The molecule has 0 radical (unpaired) electrons. The molecule has 1 aliphatic carbocycles. The van der Waals surface area contributed by atoms with Crippen LogP contribution in [-0.4, -0.2) is 44.7 Å². The first-order valence-electron chi connectivity index (χ1n) is 14.1. The monoisotopic (exact) mass is 580 g/mol. The van der Waals surface area contributed by atoms with Crippen LogP contribution in [-0.2, 0) is 19.6 Å². The number of benzodiazepines with no additional fused rings is 1. The average Bonchev–Trinajstić information content (AvgIpc) is 3.12. The number of nitrogens with zero attached hydrogens (tertiary/aromatic N) is 2. The van der Waals surface area contributed by atoms with Crippen molar-refractivity contribution in [1.82, 2.24) is 10.0 Å². The summed E-state index contributed by atoms with van der Waals surface area (Å²) in [6, 6.07) is 29.3. The zero-order chi connectivity index (χ0) is 29.3. The molecule has 1 unspecified atom stereocenters. The Bertz CT molecular complexity index is 1790. The van der Waals surface area contributed by atoms with Crippen LogP contribution in [0.5, 0.6) is 0 Å². The van der Waals surface area contributed by atoms with Crippen molar-refractivity contribution in [3.8, 4) is 0 Å². The fourth-order valence-electron chi connectivity index (χ4n) is 5.98. The number of amides is 2. The van der Waals surface area contributed by atoms with Gasteiger partial charge < -0.3 is 10.2 Å². The first-order valence-corrected chi connectivity index (χ1v) is 15.6. The molecule has 8 nitrogen and oxygen atoms in total. The van der Waals surface area contributed by atoms with Crippen LogP contribution in [0.1, 0.15) is 43.2 Å². The summed E-state index contributed by atoms with van der Waals surface area (Å²) < 4.78 is 30.6. The number of nitrogens with one attached hydrogen (secondary N) is 2. The molecule has 0 spiro atoms. The number of hydrogen-bond donors (Lipinski definition) is 2. The number of carbonyl (C=O) groups excluding carboxylic acids is 2. The van der Waals surface area contributed by atoms with E-state index in [0.717, 1.165) is 22.9 Å². The quantitative estimate of drug-likeness (QED) is 0.342. The number of likely N-dealkylation sites (N-methyl/N-ethyl adjacent to an activating group) is 1. The molecule has 2 N–H and O–H groups in total. The van der Waals surface area contributed by atoms with Crippen molar-refractivity contribution < 1.29 is 18.0 Å². The number of carbonyl (C=O) groups is 2. The number of aliphatic imine (C=N–C) groups is 1. The molecule has 2 amide bonds. The lowest BCUT2D eigenvalue weighted by Crippen LogP contribution is -2.62. The Morgan fingerprint density at radius 2 is 1.52 bits per heavy atom. The van der Waals surface area contributed by atoms with Gasteiger partial charge in [0, 0.05) is 23.6 Å². The summed E-state index contributed by atoms with van der Waals surface area (Å²) in [5, 5.41) is 4.22. The molecule has 1 heterocycles. The SMILES string of the molecule is CN1C(=O)C(NC(=O)C2(NS(=O)(=O)c3cccc4ccccc34)CCCCC2)N=C(c2ccccc2)c2ccccc21. The second-order valence-electron chi connectivity index (χ2n) is 10.9. The van der Waals surface area contributed by atoms with Crippen LogP contribution in [0.4, 0.5) is 5.69 Å². The van der Waals surface area contributed by atoms with Crippen LogP contribution in [0.2, 0.25) is 0 Å². The number of para-hydroxylation sites is 1. The highest BCUT2D eigenvalue weighted by Gasteiger charge is 2.45. The molecule has 2 aliphatic rings. The van der Waals surface area contributed by atoms with Crippen molar-refractivity contribution in [1.29, 1.82) is 0 Å². The molecule has 214 valence electrons. The van der Waals surface area contributed by atoms with Gasteiger partial charge in [-0.1, -0.05) is 104 Å². The third-order valence-corrected chi connectivity index (χ3v) is 9.76. The van der Waals surface area contributed by atoms with Gasteiger partial charge in [0.15, 0.2) is 0 Å². The number of anilines is 1. The van der Waals surface area contributed by atoms with Crippen molar-refractivity contribution in [3.63, 3.8) is 0 Å². The van der Waals surface area contributed by atoms with Gasteiger partial charge in [-0.3, -0.25) is 9.59 Å². The van der Waals surface area contributed by atoms with Gasteiger partial charge in [-0.05, 0) is 30.4 Å². The van der Waals surface area contributed by atoms with Crippen LogP contribution in [0.15, 0.2) is 107 Å². The van der Waals surface area contributed by atoms with E-state index in [-0.39, 0.29) is 4.90 Å².